The van der Waals surface area contributed by atoms with Gasteiger partial charge in [-0.15, -0.1) is 0 Å². The second-order valence-corrected chi connectivity index (χ2v) is 6.66. The third-order valence-electron chi connectivity index (χ3n) is 3.25. The van der Waals surface area contributed by atoms with E-state index in [0.717, 1.165) is 10.3 Å². The van der Waals surface area contributed by atoms with Crippen molar-refractivity contribution in [2.24, 2.45) is 5.41 Å². The minimum Gasteiger partial charge on any atom is -0.315 e. The Morgan fingerprint density at radius 2 is 2.19 bits per heavy atom. The van der Waals surface area contributed by atoms with Gasteiger partial charge in [-0.05, 0) is 46.9 Å². The summed E-state index contributed by atoms with van der Waals surface area (Å²) in [6.07, 6.45) is 0. The second-order valence-electron chi connectivity index (χ2n) is 4.71. The fourth-order valence-electron chi connectivity index (χ4n) is 2.22. The Balaban J connectivity index is 1.62. The summed E-state index contributed by atoms with van der Waals surface area (Å²) < 4.78 is 3.34. The minimum atomic E-state index is 0.601. The van der Waals surface area contributed by atoms with Gasteiger partial charge < -0.3 is 5.32 Å². The van der Waals surface area contributed by atoms with Crippen LogP contribution in [0.15, 0.2) is 21.6 Å². The third kappa shape index (κ3) is 1.90. The Kier molecular flexibility index (Phi) is 2.74. The summed E-state index contributed by atoms with van der Waals surface area (Å²) in [5.74, 6) is 0. The molecular formula is C11H14BrN3S. The Bertz CT molecular complexity index is 412. The molecule has 2 fully saturated rings. The predicted molar refractivity (Wildman–Crippen MR) is 69.4 cm³/mol. The molecule has 86 valence electrons. The number of hydrogen-bond acceptors (Lipinski definition) is 4. The number of aryl methyl sites for hydroxylation is 1. The van der Waals surface area contributed by atoms with E-state index in [4.69, 9.17) is 0 Å². The fraction of sp³-hybridized carbons (Fsp3) is 0.545. The normalized spacial score (nSPS) is 22.9. The summed E-state index contributed by atoms with van der Waals surface area (Å²) in [6.45, 7) is 6.87. The van der Waals surface area contributed by atoms with E-state index in [1.165, 1.54) is 31.1 Å². The number of pyridine rings is 1. The summed E-state index contributed by atoms with van der Waals surface area (Å²) in [5, 5.41) is 3.35. The average Bonchev–Trinajstić information content (AvgIpc) is 2.10. The summed E-state index contributed by atoms with van der Waals surface area (Å²) in [5.41, 5.74) is 1.70. The van der Waals surface area contributed by atoms with Crippen LogP contribution in [0.25, 0.3) is 0 Å². The molecule has 2 aliphatic heterocycles. The summed E-state index contributed by atoms with van der Waals surface area (Å²) in [7, 11) is 0. The molecule has 16 heavy (non-hydrogen) atoms. The van der Waals surface area contributed by atoms with Crippen LogP contribution in [0.3, 0.4) is 0 Å². The topological polar surface area (TPSA) is 28.2 Å². The van der Waals surface area contributed by atoms with E-state index in [1.54, 1.807) is 0 Å². The van der Waals surface area contributed by atoms with E-state index in [9.17, 15) is 0 Å². The lowest BCUT2D eigenvalue weighted by Gasteiger charge is -2.55. The SMILES string of the molecule is Cc1nc(Br)ccc1SN1CC2(CNC2)C1. The van der Waals surface area contributed by atoms with Gasteiger partial charge in [0.15, 0.2) is 0 Å². The molecule has 3 rings (SSSR count). The lowest BCUT2D eigenvalue weighted by molar-refractivity contribution is 0.0235. The van der Waals surface area contributed by atoms with E-state index in [1.807, 2.05) is 18.0 Å². The van der Waals surface area contributed by atoms with Gasteiger partial charge in [-0.2, -0.15) is 0 Å². The van der Waals surface area contributed by atoms with E-state index in [2.05, 4.69) is 43.5 Å². The van der Waals surface area contributed by atoms with Crippen LogP contribution in [-0.2, 0) is 0 Å². The first-order chi connectivity index (χ1) is 7.67. The molecular weight excluding hydrogens is 286 g/mol. The van der Waals surface area contributed by atoms with Crippen molar-refractivity contribution in [1.82, 2.24) is 14.6 Å². The molecule has 0 atom stereocenters. The van der Waals surface area contributed by atoms with E-state index < -0.39 is 0 Å². The lowest BCUT2D eigenvalue weighted by Crippen LogP contribution is -2.69. The molecule has 0 bridgehead atoms. The van der Waals surface area contributed by atoms with Gasteiger partial charge in [0, 0.05) is 36.5 Å². The number of aromatic nitrogens is 1. The minimum absolute atomic E-state index is 0.601. The number of halogens is 1. The average molecular weight is 300 g/mol. The maximum absolute atomic E-state index is 4.41. The van der Waals surface area contributed by atoms with Gasteiger partial charge in [0.05, 0.1) is 5.69 Å². The molecule has 0 amide bonds. The van der Waals surface area contributed by atoms with E-state index in [0.29, 0.717) is 5.41 Å². The molecule has 3 heterocycles. The quantitative estimate of drug-likeness (QED) is 0.668. The van der Waals surface area contributed by atoms with Crippen molar-refractivity contribution in [3.8, 4) is 0 Å². The first-order valence-corrected chi connectivity index (χ1v) is 7.00. The summed E-state index contributed by atoms with van der Waals surface area (Å²) in [6, 6.07) is 4.15. The van der Waals surface area contributed by atoms with Crippen LogP contribution in [0.4, 0.5) is 0 Å². The highest BCUT2D eigenvalue weighted by molar-refractivity contribution is 9.10. The molecule has 1 N–H and O–H groups in total. The van der Waals surface area contributed by atoms with Gasteiger partial charge in [-0.3, -0.25) is 0 Å². The van der Waals surface area contributed by atoms with Gasteiger partial charge in [-0.25, -0.2) is 9.29 Å². The smallest absolute Gasteiger partial charge is 0.106 e. The van der Waals surface area contributed by atoms with Crippen LogP contribution < -0.4 is 5.32 Å². The lowest BCUT2D eigenvalue weighted by atomic mass is 9.76. The van der Waals surface area contributed by atoms with Crippen LogP contribution in [0, 0.1) is 12.3 Å². The van der Waals surface area contributed by atoms with Crippen molar-refractivity contribution in [3.05, 3.63) is 22.4 Å². The molecule has 2 aliphatic rings. The molecule has 1 spiro atoms. The second kappa shape index (κ2) is 3.98. The molecule has 3 nitrogen and oxygen atoms in total. The number of hydrogen-bond donors (Lipinski definition) is 1. The van der Waals surface area contributed by atoms with Gasteiger partial charge in [-0.1, -0.05) is 0 Å². The molecule has 0 saturated carbocycles. The molecule has 2 saturated heterocycles. The first-order valence-electron chi connectivity index (χ1n) is 5.44. The van der Waals surface area contributed by atoms with Gasteiger partial charge >= 0.3 is 0 Å². The highest BCUT2D eigenvalue weighted by Crippen LogP contribution is 2.41. The zero-order chi connectivity index (χ0) is 11.2. The fourth-order valence-corrected chi connectivity index (χ4v) is 3.88. The molecule has 1 aromatic rings. The third-order valence-corrected chi connectivity index (χ3v) is 4.84. The molecule has 0 aromatic carbocycles. The maximum atomic E-state index is 4.41. The largest absolute Gasteiger partial charge is 0.315 e. The molecule has 0 radical (unpaired) electrons. The van der Waals surface area contributed by atoms with E-state index >= 15 is 0 Å². The molecule has 0 aliphatic carbocycles. The van der Waals surface area contributed by atoms with Crippen LogP contribution in [0.5, 0.6) is 0 Å². The monoisotopic (exact) mass is 299 g/mol. The highest BCUT2D eigenvalue weighted by atomic mass is 79.9. The standard InChI is InChI=1S/C11H14BrN3S/c1-8-9(2-3-10(12)14-8)16-15-6-11(7-15)4-13-5-11/h2-3,13H,4-7H2,1H3. The predicted octanol–water partition coefficient (Wildman–Crippen LogP) is 2.06. The van der Waals surface area contributed by atoms with Crippen molar-refractivity contribution in [3.63, 3.8) is 0 Å². The molecule has 0 unspecified atom stereocenters. The number of nitrogens with one attached hydrogen (secondary N) is 1. The summed E-state index contributed by atoms with van der Waals surface area (Å²) >= 11 is 5.23. The first kappa shape index (κ1) is 11.0. The van der Waals surface area contributed by atoms with Crippen LogP contribution in [0.2, 0.25) is 0 Å². The number of rotatable bonds is 2. The Hall–Kier alpha value is -0.100. The molecule has 5 heteroatoms. The van der Waals surface area contributed by atoms with Crippen molar-refractivity contribution in [2.75, 3.05) is 26.2 Å². The van der Waals surface area contributed by atoms with Crippen LogP contribution in [-0.4, -0.2) is 35.5 Å². The van der Waals surface area contributed by atoms with Crippen molar-refractivity contribution in [2.45, 2.75) is 11.8 Å². The number of nitrogens with zero attached hydrogens (tertiary/aromatic N) is 2. The highest BCUT2D eigenvalue weighted by Gasteiger charge is 2.47. The van der Waals surface area contributed by atoms with E-state index in [-0.39, 0.29) is 0 Å². The zero-order valence-electron chi connectivity index (χ0n) is 9.16. The van der Waals surface area contributed by atoms with Gasteiger partial charge in [0.25, 0.3) is 0 Å². The van der Waals surface area contributed by atoms with Crippen molar-refractivity contribution >= 4 is 27.9 Å². The Morgan fingerprint density at radius 3 is 2.75 bits per heavy atom. The Labute approximate surface area is 108 Å². The van der Waals surface area contributed by atoms with Gasteiger partial charge in [0.2, 0.25) is 0 Å². The summed E-state index contributed by atoms with van der Waals surface area (Å²) in [4.78, 5) is 5.68. The van der Waals surface area contributed by atoms with Crippen molar-refractivity contribution in [1.29, 1.82) is 0 Å². The maximum Gasteiger partial charge on any atom is 0.106 e. The van der Waals surface area contributed by atoms with Crippen LogP contribution >= 0.6 is 27.9 Å². The van der Waals surface area contributed by atoms with Crippen LogP contribution in [0.1, 0.15) is 5.69 Å². The zero-order valence-corrected chi connectivity index (χ0v) is 11.6. The molecule has 1 aromatic heterocycles. The van der Waals surface area contributed by atoms with Gasteiger partial charge in [0.1, 0.15) is 4.60 Å². The van der Waals surface area contributed by atoms with Crippen molar-refractivity contribution < 1.29 is 0 Å². The Morgan fingerprint density at radius 1 is 1.44 bits per heavy atom.